The highest BCUT2D eigenvalue weighted by Crippen LogP contribution is 2.25. The number of nitrogens with zero attached hydrogens (tertiary/aromatic N) is 1. The van der Waals surface area contributed by atoms with Gasteiger partial charge in [-0.3, -0.25) is 9.89 Å². The zero-order chi connectivity index (χ0) is 18.5. The number of hydrogen-bond acceptors (Lipinski definition) is 4. The summed E-state index contributed by atoms with van der Waals surface area (Å²) in [7, 11) is 3.17. The van der Waals surface area contributed by atoms with Crippen LogP contribution in [0.25, 0.3) is 11.3 Å². The Labute approximate surface area is 156 Å². The van der Waals surface area contributed by atoms with Crippen molar-refractivity contribution in [3.8, 4) is 22.8 Å². The van der Waals surface area contributed by atoms with Crippen LogP contribution in [0, 0.1) is 0 Å². The van der Waals surface area contributed by atoms with Gasteiger partial charge in [0.1, 0.15) is 11.5 Å². The second-order valence-electron chi connectivity index (χ2n) is 5.53. The van der Waals surface area contributed by atoms with Crippen LogP contribution in [-0.4, -0.2) is 30.3 Å². The van der Waals surface area contributed by atoms with Crippen molar-refractivity contribution >= 4 is 17.5 Å². The molecule has 134 valence electrons. The first-order chi connectivity index (χ1) is 12.6. The molecule has 2 aromatic carbocycles. The SMILES string of the molecule is COc1ccc(CNC(=O)c2cn[nH]c2-c2ccc(Cl)cc2)c(OC)c1. The maximum absolute atomic E-state index is 12.6. The zero-order valence-corrected chi connectivity index (χ0v) is 15.1. The van der Waals surface area contributed by atoms with E-state index in [0.29, 0.717) is 34.3 Å². The molecular formula is C19H18ClN3O3. The lowest BCUT2D eigenvalue weighted by molar-refractivity contribution is 0.0951. The first-order valence-corrected chi connectivity index (χ1v) is 8.28. The van der Waals surface area contributed by atoms with Gasteiger partial charge < -0.3 is 14.8 Å². The Bertz CT molecular complexity index is 907. The van der Waals surface area contributed by atoms with Gasteiger partial charge in [0.05, 0.1) is 31.7 Å². The predicted molar refractivity (Wildman–Crippen MR) is 99.7 cm³/mol. The largest absolute Gasteiger partial charge is 0.497 e. The van der Waals surface area contributed by atoms with Crippen LogP contribution < -0.4 is 14.8 Å². The molecule has 0 saturated carbocycles. The van der Waals surface area contributed by atoms with Crippen LogP contribution in [0.1, 0.15) is 15.9 Å². The molecule has 1 heterocycles. The van der Waals surface area contributed by atoms with Crippen LogP contribution in [0.5, 0.6) is 11.5 Å². The van der Waals surface area contributed by atoms with Crippen LogP contribution in [0.15, 0.2) is 48.7 Å². The molecule has 2 N–H and O–H groups in total. The Morgan fingerprint density at radius 2 is 1.92 bits per heavy atom. The lowest BCUT2D eigenvalue weighted by atomic mass is 10.1. The molecule has 6 nitrogen and oxygen atoms in total. The molecule has 0 bridgehead atoms. The Balaban J connectivity index is 1.76. The summed E-state index contributed by atoms with van der Waals surface area (Å²) in [5.74, 6) is 1.10. The molecule has 3 rings (SSSR count). The number of rotatable bonds is 6. The molecule has 0 saturated heterocycles. The van der Waals surface area contributed by atoms with Gasteiger partial charge in [0.15, 0.2) is 0 Å². The highest BCUT2D eigenvalue weighted by atomic mass is 35.5. The third-order valence-corrected chi connectivity index (χ3v) is 4.20. The standard InChI is InChI=1S/C19H18ClN3O3/c1-25-15-8-5-13(17(9-15)26-2)10-21-19(24)16-11-22-23-18(16)12-3-6-14(20)7-4-12/h3-9,11H,10H2,1-2H3,(H,21,24)(H,22,23). The summed E-state index contributed by atoms with van der Waals surface area (Å²) in [6.07, 6.45) is 1.50. The number of H-pyrrole nitrogens is 1. The fraction of sp³-hybridized carbons (Fsp3) is 0.158. The minimum atomic E-state index is -0.235. The Kier molecular flexibility index (Phi) is 5.43. The first kappa shape index (κ1) is 17.8. The molecule has 0 radical (unpaired) electrons. The van der Waals surface area contributed by atoms with Gasteiger partial charge in [0.2, 0.25) is 0 Å². The highest BCUT2D eigenvalue weighted by Gasteiger charge is 2.16. The zero-order valence-electron chi connectivity index (χ0n) is 14.4. The van der Waals surface area contributed by atoms with Gasteiger partial charge in [0.25, 0.3) is 5.91 Å². The van der Waals surface area contributed by atoms with Crippen LogP contribution in [0.4, 0.5) is 0 Å². The summed E-state index contributed by atoms with van der Waals surface area (Å²) in [6, 6.07) is 12.6. The number of methoxy groups -OCH3 is 2. The van der Waals surface area contributed by atoms with Gasteiger partial charge in [-0.15, -0.1) is 0 Å². The molecule has 0 unspecified atom stereocenters. The second kappa shape index (κ2) is 7.93. The van der Waals surface area contributed by atoms with Crippen molar-refractivity contribution < 1.29 is 14.3 Å². The molecule has 7 heteroatoms. The van der Waals surface area contributed by atoms with Crippen LogP contribution in [0.3, 0.4) is 0 Å². The molecule has 3 aromatic rings. The van der Waals surface area contributed by atoms with Crippen molar-refractivity contribution in [1.29, 1.82) is 0 Å². The number of aromatic nitrogens is 2. The fourth-order valence-electron chi connectivity index (χ4n) is 2.56. The Hall–Kier alpha value is -2.99. The smallest absolute Gasteiger partial charge is 0.255 e. The lowest BCUT2D eigenvalue weighted by Gasteiger charge is -2.11. The fourth-order valence-corrected chi connectivity index (χ4v) is 2.69. The van der Waals surface area contributed by atoms with E-state index in [-0.39, 0.29) is 5.91 Å². The molecule has 26 heavy (non-hydrogen) atoms. The van der Waals surface area contributed by atoms with Gasteiger partial charge in [0, 0.05) is 28.8 Å². The predicted octanol–water partition coefficient (Wildman–Crippen LogP) is 3.68. The van der Waals surface area contributed by atoms with E-state index in [9.17, 15) is 4.79 Å². The van der Waals surface area contributed by atoms with E-state index in [1.165, 1.54) is 6.20 Å². The third kappa shape index (κ3) is 3.81. The van der Waals surface area contributed by atoms with E-state index < -0.39 is 0 Å². The summed E-state index contributed by atoms with van der Waals surface area (Å²) in [5.41, 5.74) is 2.78. The van der Waals surface area contributed by atoms with Gasteiger partial charge in [-0.2, -0.15) is 5.10 Å². The molecule has 0 spiro atoms. The van der Waals surface area contributed by atoms with Crippen LogP contribution >= 0.6 is 11.6 Å². The molecule has 0 aliphatic carbocycles. The summed E-state index contributed by atoms with van der Waals surface area (Å²) < 4.78 is 10.5. The molecule has 1 amide bonds. The molecule has 0 aliphatic rings. The Morgan fingerprint density at radius 1 is 1.15 bits per heavy atom. The summed E-state index contributed by atoms with van der Waals surface area (Å²) in [5, 5.41) is 10.4. The molecule has 1 aromatic heterocycles. The number of benzene rings is 2. The van der Waals surface area contributed by atoms with E-state index in [2.05, 4.69) is 15.5 Å². The van der Waals surface area contributed by atoms with Gasteiger partial charge in [-0.05, 0) is 24.3 Å². The molecule has 0 atom stereocenters. The monoisotopic (exact) mass is 371 g/mol. The van der Waals surface area contributed by atoms with Gasteiger partial charge >= 0.3 is 0 Å². The van der Waals surface area contributed by atoms with E-state index in [0.717, 1.165) is 11.1 Å². The topological polar surface area (TPSA) is 76.2 Å². The van der Waals surface area contributed by atoms with Crippen molar-refractivity contribution in [3.63, 3.8) is 0 Å². The van der Waals surface area contributed by atoms with Crippen molar-refractivity contribution in [2.75, 3.05) is 14.2 Å². The number of carbonyl (C=O) groups is 1. The maximum atomic E-state index is 12.6. The van der Waals surface area contributed by atoms with Crippen molar-refractivity contribution in [2.24, 2.45) is 0 Å². The number of hydrogen-bond donors (Lipinski definition) is 2. The summed E-state index contributed by atoms with van der Waals surface area (Å²) in [6.45, 7) is 0.317. The van der Waals surface area contributed by atoms with E-state index in [4.69, 9.17) is 21.1 Å². The average molecular weight is 372 g/mol. The minimum absolute atomic E-state index is 0.235. The van der Waals surface area contributed by atoms with Crippen LogP contribution in [0.2, 0.25) is 5.02 Å². The summed E-state index contributed by atoms with van der Waals surface area (Å²) in [4.78, 5) is 12.6. The van der Waals surface area contributed by atoms with E-state index in [1.807, 2.05) is 24.3 Å². The number of nitrogens with one attached hydrogen (secondary N) is 2. The van der Waals surface area contributed by atoms with Crippen molar-refractivity contribution in [3.05, 3.63) is 64.8 Å². The van der Waals surface area contributed by atoms with E-state index in [1.54, 1.807) is 32.4 Å². The third-order valence-electron chi connectivity index (χ3n) is 3.95. The van der Waals surface area contributed by atoms with Gasteiger partial charge in [-0.1, -0.05) is 23.7 Å². The number of aromatic amines is 1. The van der Waals surface area contributed by atoms with Gasteiger partial charge in [-0.25, -0.2) is 0 Å². The normalized spacial score (nSPS) is 10.4. The second-order valence-corrected chi connectivity index (χ2v) is 5.96. The molecular weight excluding hydrogens is 354 g/mol. The maximum Gasteiger partial charge on any atom is 0.255 e. The van der Waals surface area contributed by atoms with Crippen molar-refractivity contribution in [2.45, 2.75) is 6.54 Å². The number of carbonyl (C=O) groups excluding carboxylic acids is 1. The minimum Gasteiger partial charge on any atom is -0.497 e. The molecule has 0 aliphatic heterocycles. The lowest BCUT2D eigenvalue weighted by Crippen LogP contribution is -2.23. The first-order valence-electron chi connectivity index (χ1n) is 7.90. The average Bonchev–Trinajstić information content (AvgIpc) is 3.16. The number of halogens is 1. The summed E-state index contributed by atoms with van der Waals surface area (Å²) >= 11 is 5.92. The number of ether oxygens (including phenoxy) is 2. The van der Waals surface area contributed by atoms with E-state index >= 15 is 0 Å². The van der Waals surface area contributed by atoms with Crippen LogP contribution in [-0.2, 0) is 6.54 Å². The Morgan fingerprint density at radius 3 is 2.62 bits per heavy atom. The highest BCUT2D eigenvalue weighted by molar-refractivity contribution is 6.30. The number of amides is 1. The molecule has 0 fully saturated rings. The quantitative estimate of drug-likeness (QED) is 0.693. The van der Waals surface area contributed by atoms with Crippen molar-refractivity contribution in [1.82, 2.24) is 15.5 Å².